The minimum absolute atomic E-state index is 0.0463. The number of anilines is 1. The molecule has 0 aliphatic heterocycles. The van der Waals surface area contributed by atoms with Crippen LogP contribution in [-0.2, 0) is 0 Å². The Morgan fingerprint density at radius 2 is 2.00 bits per heavy atom. The number of carbonyl (C=O) groups is 1. The summed E-state index contributed by atoms with van der Waals surface area (Å²) >= 11 is 0. The van der Waals surface area contributed by atoms with Crippen molar-refractivity contribution >= 4 is 22.5 Å². The predicted molar refractivity (Wildman–Crippen MR) is 100 cm³/mol. The summed E-state index contributed by atoms with van der Waals surface area (Å²) in [6.07, 6.45) is 5.11. The largest absolute Gasteiger partial charge is 0.396 e. The highest BCUT2D eigenvalue weighted by atomic mass is 16.1. The fourth-order valence-electron chi connectivity index (χ4n) is 3.20. The first-order valence-corrected chi connectivity index (χ1v) is 8.00. The van der Waals surface area contributed by atoms with Crippen molar-refractivity contribution in [1.29, 1.82) is 0 Å². The smallest absolute Gasteiger partial charge is 0.269 e. The molecule has 0 radical (unpaired) electrons. The summed E-state index contributed by atoms with van der Waals surface area (Å²) in [4.78, 5) is 20.5. The van der Waals surface area contributed by atoms with E-state index < -0.39 is 5.91 Å². The topological polar surface area (TPSA) is 124 Å². The first-order chi connectivity index (χ1) is 12.6. The Hall–Kier alpha value is -3.74. The molecule has 128 valence electrons. The second-order valence-electron chi connectivity index (χ2n) is 5.97. The lowest BCUT2D eigenvalue weighted by atomic mass is 9.92. The van der Waals surface area contributed by atoms with E-state index in [4.69, 9.17) is 11.5 Å². The number of aromatic amines is 1. The number of amides is 1. The summed E-state index contributed by atoms with van der Waals surface area (Å²) in [5, 5.41) is 7.95. The van der Waals surface area contributed by atoms with Crippen molar-refractivity contribution in [1.82, 2.24) is 20.2 Å². The minimum atomic E-state index is -0.673. The van der Waals surface area contributed by atoms with E-state index in [9.17, 15) is 4.79 Å². The molecule has 0 saturated heterocycles. The highest BCUT2D eigenvalue weighted by Gasteiger charge is 2.21. The van der Waals surface area contributed by atoms with Gasteiger partial charge < -0.3 is 11.5 Å². The fraction of sp³-hybridized carbons (Fsp3) is 0.0526. The molecule has 26 heavy (non-hydrogen) atoms. The number of hydrogen-bond acceptors (Lipinski definition) is 5. The molecule has 0 spiro atoms. The van der Waals surface area contributed by atoms with Gasteiger partial charge in [0, 0.05) is 28.9 Å². The van der Waals surface area contributed by atoms with Crippen LogP contribution in [0.1, 0.15) is 16.1 Å². The van der Waals surface area contributed by atoms with Gasteiger partial charge in [-0.3, -0.25) is 14.9 Å². The van der Waals surface area contributed by atoms with Gasteiger partial charge >= 0.3 is 0 Å². The molecule has 7 nitrogen and oxygen atoms in total. The van der Waals surface area contributed by atoms with Crippen molar-refractivity contribution in [3.63, 3.8) is 0 Å². The molecule has 1 aromatic carbocycles. The summed E-state index contributed by atoms with van der Waals surface area (Å²) in [7, 11) is 0. The van der Waals surface area contributed by atoms with E-state index in [0.29, 0.717) is 5.69 Å². The number of pyridine rings is 2. The molecule has 5 N–H and O–H groups in total. The van der Waals surface area contributed by atoms with Crippen molar-refractivity contribution < 1.29 is 4.79 Å². The number of nitrogens with one attached hydrogen (secondary N) is 1. The van der Waals surface area contributed by atoms with Crippen LogP contribution >= 0.6 is 0 Å². The van der Waals surface area contributed by atoms with Crippen LogP contribution in [-0.4, -0.2) is 26.1 Å². The van der Waals surface area contributed by atoms with Gasteiger partial charge in [0.1, 0.15) is 0 Å². The number of carbonyl (C=O) groups excluding carboxylic acids is 1. The number of fused-ring (bicyclic) bond motifs is 1. The molecule has 4 aromatic rings. The first-order valence-electron chi connectivity index (χ1n) is 8.00. The normalized spacial score (nSPS) is 11.0. The predicted octanol–water partition coefficient (Wildman–Crippen LogP) is 2.68. The maximum atomic E-state index is 12.0. The number of nitrogen functional groups attached to an aromatic ring is 1. The van der Waals surface area contributed by atoms with Crippen LogP contribution in [0.5, 0.6) is 0 Å². The van der Waals surface area contributed by atoms with Gasteiger partial charge in [-0.05, 0) is 36.2 Å². The number of benzene rings is 1. The van der Waals surface area contributed by atoms with Crippen LogP contribution in [0.25, 0.3) is 33.3 Å². The van der Waals surface area contributed by atoms with Crippen LogP contribution in [0.2, 0.25) is 0 Å². The molecular formula is C19H16N6O. The summed E-state index contributed by atoms with van der Waals surface area (Å²) < 4.78 is 0. The summed E-state index contributed by atoms with van der Waals surface area (Å²) in [5.41, 5.74) is 16.9. The van der Waals surface area contributed by atoms with Gasteiger partial charge in [0.15, 0.2) is 5.69 Å². The summed E-state index contributed by atoms with van der Waals surface area (Å²) in [5.74, 6) is -0.673. The van der Waals surface area contributed by atoms with E-state index in [2.05, 4.69) is 20.2 Å². The van der Waals surface area contributed by atoms with Crippen LogP contribution in [0, 0.1) is 6.92 Å². The van der Waals surface area contributed by atoms with Crippen molar-refractivity contribution in [2.24, 2.45) is 5.73 Å². The Balaban J connectivity index is 2.10. The maximum absolute atomic E-state index is 12.0. The maximum Gasteiger partial charge on any atom is 0.269 e. The molecule has 4 rings (SSSR count). The average molecular weight is 344 g/mol. The van der Waals surface area contributed by atoms with Gasteiger partial charge in [0.05, 0.1) is 23.1 Å². The first kappa shape index (κ1) is 15.8. The Kier molecular flexibility index (Phi) is 3.62. The molecule has 0 saturated carbocycles. The quantitative estimate of drug-likeness (QED) is 0.527. The number of aromatic nitrogens is 4. The lowest BCUT2D eigenvalue weighted by molar-refractivity contribution is 0.0996. The fourth-order valence-corrected chi connectivity index (χ4v) is 3.20. The third-order valence-electron chi connectivity index (χ3n) is 4.40. The highest BCUT2D eigenvalue weighted by Crippen LogP contribution is 2.39. The van der Waals surface area contributed by atoms with Gasteiger partial charge in [-0.25, -0.2) is 4.98 Å². The van der Waals surface area contributed by atoms with Crippen molar-refractivity contribution in [2.45, 2.75) is 6.92 Å². The van der Waals surface area contributed by atoms with Gasteiger partial charge in [0.25, 0.3) is 5.91 Å². The second-order valence-corrected chi connectivity index (χ2v) is 5.97. The highest BCUT2D eigenvalue weighted by molar-refractivity contribution is 6.06. The van der Waals surface area contributed by atoms with E-state index in [0.717, 1.165) is 33.2 Å². The Morgan fingerprint density at radius 3 is 2.73 bits per heavy atom. The van der Waals surface area contributed by atoms with E-state index in [1.165, 1.54) is 0 Å². The van der Waals surface area contributed by atoms with Crippen molar-refractivity contribution in [3.8, 4) is 22.4 Å². The molecule has 7 heteroatoms. The third kappa shape index (κ3) is 2.37. The number of primary amides is 1. The van der Waals surface area contributed by atoms with E-state index in [-0.39, 0.29) is 11.4 Å². The second kappa shape index (κ2) is 5.96. The SMILES string of the molecule is Cc1c(-c2cccnc2)nc(C(N)=O)c(N)c1-c1cccc2[nH]ncc12. The zero-order valence-corrected chi connectivity index (χ0v) is 14.0. The van der Waals surface area contributed by atoms with Crippen molar-refractivity contribution in [3.05, 3.63) is 60.2 Å². The molecule has 0 fully saturated rings. The lowest BCUT2D eigenvalue weighted by Crippen LogP contribution is -2.17. The summed E-state index contributed by atoms with van der Waals surface area (Å²) in [6.45, 7) is 1.92. The zero-order valence-electron chi connectivity index (χ0n) is 14.0. The number of nitrogens with zero attached hydrogens (tertiary/aromatic N) is 3. The molecule has 0 atom stereocenters. The third-order valence-corrected chi connectivity index (χ3v) is 4.40. The molecule has 0 unspecified atom stereocenters. The van der Waals surface area contributed by atoms with E-state index >= 15 is 0 Å². The van der Waals surface area contributed by atoms with Crippen LogP contribution < -0.4 is 11.5 Å². The number of rotatable bonds is 3. The molecular weight excluding hydrogens is 328 g/mol. The molecule has 1 amide bonds. The van der Waals surface area contributed by atoms with Gasteiger partial charge in [0.2, 0.25) is 0 Å². The zero-order chi connectivity index (χ0) is 18.3. The van der Waals surface area contributed by atoms with Crippen LogP contribution in [0.3, 0.4) is 0 Å². The number of nitrogens with two attached hydrogens (primary N) is 2. The Morgan fingerprint density at radius 1 is 1.15 bits per heavy atom. The number of hydrogen-bond donors (Lipinski definition) is 3. The van der Waals surface area contributed by atoms with Gasteiger partial charge in [-0.2, -0.15) is 5.10 Å². The molecule has 3 heterocycles. The van der Waals surface area contributed by atoms with Gasteiger partial charge in [-0.15, -0.1) is 0 Å². The van der Waals surface area contributed by atoms with E-state index in [1.807, 2.05) is 37.3 Å². The minimum Gasteiger partial charge on any atom is -0.396 e. The average Bonchev–Trinajstić information content (AvgIpc) is 3.12. The number of H-pyrrole nitrogens is 1. The standard InChI is InChI=1S/C19H16N6O/c1-10-15(12-5-2-6-14-13(12)9-23-25-14)16(20)18(19(21)26)24-17(10)11-4-3-7-22-8-11/h2-9H,20H2,1H3,(H2,21,26)(H,23,25). The summed E-state index contributed by atoms with van der Waals surface area (Å²) in [6, 6.07) is 9.46. The van der Waals surface area contributed by atoms with Crippen LogP contribution in [0.4, 0.5) is 5.69 Å². The van der Waals surface area contributed by atoms with Crippen LogP contribution in [0.15, 0.2) is 48.9 Å². The molecule has 3 aromatic heterocycles. The lowest BCUT2D eigenvalue weighted by Gasteiger charge is -2.17. The Labute approximate surface area is 149 Å². The molecule has 0 aliphatic rings. The molecule has 0 aliphatic carbocycles. The van der Waals surface area contributed by atoms with Gasteiger partial charge in [-0.1, -0.05) is 12.1 Å². The monoisotopic (exact) mass is 344 g/mol. The molecule has 0 bridgehead atoms. The Bertz CT molecular complexity index is 1130. The van der Waals surface area contributed by atoms with E-state index in [1.54, 1.807) is 18.6 Å². The van der Waals surface area contributed by atoms with Crippen molar-refractivity contribution in [2.75, 3.05) is 5.73 Å².